The molecular weight excluding hydrogens is 257 g/mol. The Bertz CT molecular complexity index is 292. The molecular formula is C13H23Cl2NO. The molecule has 0 saturated heterocycles. The molecule has 0 spiro atoms. The van der Waals surface area contributed by atoms with E-state index in [0.717, 1.165) is 13.1 Å². The minimum Gasteiger partial charge on any atom is -0.342 e. The van der Waals surface area contributed by atoms with Crippen molar-refractivity contribution in [2.75, 3.05) is 13.1 Å². The van der Waals surface area contributed by atoms with Crippen molar-refractivity contribution in [1.29, 1.82) is 0 Å². The lowest BCUT2D eigenvalue weighted by atomic mass is 10.1. The van der Waals surface area contributed by atoms with Gasteiger partial charge in [-0.2, -0.15) is 0 Å². The molecule has 1 atom stereocenters. The fourth-order valence-corrected chi connectivity index (χ4v) is 2.80. The number of alkyl halides is 2. The van der Waals surface area contributed by atoms with Crippen LogP contribution in [0.15, 0.2) is 0 Å². The highest BCUT2D eigenvalue weighted by Crippen LogP contribution is 2.64. The summed E-state index contributed by atoms with van der Waals surface area (Å²) in [5, 5.41) is 0. The molecule has 1 aliphatic rings. The Kier molecular flexibility index (Phi) is 4.42. The summed E-state index contributed by atoms with van der Waals surface area (Å²) < 4.78 is -0.865. The van der Waals surface area contributed by atoms with Crippen LogP contribution >= 0.6 is 23.2 Å². The van der Waals surface area contributed by atoms with Crippen molar-refractivity contribution in [3.63, 3.8) is 0 Å². The standard InChI is InChI=1S/C13H23Cl2NO/c1-9(2)6-16(7-10(3)4)11(17)12(5)8-13(12,14)15/h9-10H,6-8H2,1-5H3. The fourth-order valence-electron chi connectivity index (χ4n) is 2.10. The van der Waals surface area contributed by atoms with Crippen LogP contribution in [0.5, 0.6) is 0 Å². The molecule has 0 aliphatic heterocycles. The van der Waals surface area contributed by atoms with Gasteiger partial charge in [-0.3, -0.25) is 4.79 Å². The Hall–Kier alpha value is 0.0500. The van der Waals surface area contributed by atoms with Crippen LogP contribution in [0.2, 0.25) is 0 Å². The molecule has 1 saturated carbocycles. The maximum absolute atomic E-state index is 12.5. The van der Waals surface area contributed by atoms with Gasteiger partial charge in [-0.1, -0.05) is 27.7 Å². The van der Waals surface area contributed by atoms with Gasteiger partial charge >= 0.3 is 0 Å². The zero-order valence-corrected chi connectivity index (χ0v) is 12.9. The van der Waals surface area contributed by atoms with Gasteiger partial charge in [0.25, 0.3) is 0 Å². The van der Waals surface area contributed by atoms with Gasteiger partial charge in [0.2, 0.25) is 5.91 Å². The fraction of sp³-hybridized carbons (Fsp3) is 0.923. The summed E-state index contributed by atoms with van der Waals surface area (Å²) in [5.74, 6) is 1.02. The average molecular weight is 280 g/mol. The molecule has 4 heteroatoms. The number of carbonyl (C=O) groups is 1. The van der Waals surface area contributed by atoms with E-state index >= 15 is 0 Å². The molecule has 1 rings (SSSR count). The van der Waals surface area contributed by atoms with Crippen LogP contribution in [0.4, 0.5) is 0 Å². The van der Waals surface area contributed by atoms with Crippen molar-refractivity contribution in [3.8, 4) is 0 Å². The third-order valence-corrected chi connectivity index (χ3v) is 4.29. The van der Waals surface area contributed by atoms with Crippen LogP contribution in [0.25, 0.3) is 0 Å². The highest BCUT2D eigenvalue weighted by molar-refractivity contribution is 6.53. The molecule has 2 nitrogen and oxygen atoms in total. The number of halogens is 2. The van der Waals surface area contributed by atoms with E-state index in [9.17, 15) is 4.79 Å². The van der Waals surface area contributed by atoms with Gasteiger partial charge in [-0.25, -0.2) is 0 Å². The van der Waals surface area contributed by atoms with Crippen molar-refractivity contribution < 1.29 is 4.79 Å². The van der Waals surface area contributed by atoms with Gasteiger partial charge in [0.15, 0.2) is 0 Å². The lowest BCUT2D eigenvalue weighted by Gasteiger charge is -2.29. The smallest absolute Gasteiger partial charge is 0.231 e. The predicted octanol–water partition coefficient (Wildman–Crippen LogP) is 3.71. The van der Waals surface area contributed by atoms with Crippen molar-refractivity contribution in [3.05, 3.63) is 0 Å². The zero-order valence-electron chi connectivity index (χ0n) is 11.4. The summed E-state index contributed by atoms with van der Waals surface area (Å²) in [7, 11) is 0. The molecule has 1 unspecified atom stereocenters. The number of carbonyl (C=O) groups excluding carboxylic acids is 1. The molecule has 100 valence electrons. The summed E-state index contributed by atoms with van der Waals surface area (Å²) in [6, 6.07) is 0. The normalized spacial score (nSPS) is 26.4. The molecule has 17 heavy (non-hydrogen) atoms. The van der Waals surface area contributed by atoms with Gasteiger partial charge in [0, 0.05) is 13.1 Å². The second-order valence-corrected chi connectivity index (χ2v) is 7.70. The lowest BCUT2D eigenvalue weighted by Crippen LogP contribution is -2.42. The molecule has 0 radical (unpaired) electrons. The number of amides is 1. The van der Waals surface area contributed by atoms with Crippen molar-refractivity contribution >= 4 is 29.1 Å². The van der Waals surface area contributed by atoms with Crippen LogP contribution in [0.1, 0.15) is 41.0 Å². The van der Waals surface area contributed by atoms with Gasteiger partial charge in [-0.15, -0.1) is 23.2 Å². The van der Waals surface area contributed by atoms with Crippen LogP contribution < -0.4 is 0 Å². The third-order valence-electron chi connectivity index (χ3n) is 3.19. The summed E-state index contributed by atoms with van der Waals surface area (Å²) in [4.78, 5) is 14.4. The van der Waals surface area contributed by atoms with E-state index in [2.05, 4.69) is 27.7 Å². The highest BCUT2D eigenvalue weighted by atomic mass is 35.5. The van der Waals surface area contributed by atoms with Gasteiger partial charge in [0.1, 0.15) is 4.33 Å². The Labute approximate surface area is 115 Å². The molecule has 1 amide bonds. The number of rotatable bonds is 5. The Morgan fingerprint density at radius 1 is 1.18 bits per heavy atom. The van der Waals surface area contributed by atoms with Gasteiger partial charge < -0.3 is 4.90 Å². The minimum atomic E-state index is -0.865. The monoisotopic (exact) mass is 279 g/mol. The molecule has 0 N–H and O–H groups in total. The van der Waals surface area contributed by atoms with Crippen molar-refractivity contribution in [2.45, 2.75) is 45.4 Å². The number of hydrogen-bond acceptors (Lipinski definition) is 1. The molecule has 0 aromatic heterocycles. The molecule has 0 aromatic carbocycles. The Balaban J connectivity index is 2.74. The van der Waals surface area contributed by atoms with E-state index < -0.39 is 9.75 Å². The maximum Gasteiger partial charge on any atom is 0.231 e. The van der Waals surface area contributed by atoms with E-state index in [1.54, 1.807) is 0 Å². The van der Waals surface area contributed by atoms with Crippen LogP contribution in [0, 0.1) is 17.3 Å². The second-order valence-electron chi connectivity index (χ2n) is 6.21. The average Bonchev–Trinajstić information content (AvgIpc) is 2.63. The van der Waals surface area contributed by atoms with E-state index in [1.807, 2.05) is 11.8 Å². The molecule has 0 heterocycles. The van der Waals surface area contributed by atoms with Crippen LogP contribution in [-0.4, -0.2) is 28.2 Å². The maximum atomic E-state index is 12.5. The first kappa shape index (κ1) is 15.1. The SMILES string of the molecule is CC(C)CN(CC(C)C)C(=O)C1(C)CC1(Cl)Cl. The zero-order chi connectivity index (χ0) is 13.4. The summed E-state index contributed by atoms with van der Waals surface area (Å²) in [5.41, 5.74) is -0.583. The highest BCUT2D eigenvalue weighted by Gasteiger charge is 2.68. The van der Waals surface area contributed by atoms with E-state index in [1.165, 1.54) is 0 Å². The quantitative estimate of drug-likeness (QED) is 0.703. The summed E-state index contributed by atoms with van der Waals surface area (Å²) >= 11 is 12.2. The predicted molar refractivity (Wildman–Crippen MR) is 73.4 cm³/mol. The molecule has 1 fully saturated rings. The first-order valence-corrected chi connectivity index (χ1v) is 7.03. The first-order chi connectivity index (χ1) is 7.60. The Morgan fingerprint density at radius 2 is 1.53 bits per heavy atom. The van der Waals surface area contributed by atoms with Crippen LogP contribution in [0.3, 0.4) is 0 Å². The van der Waals surface area contributed by atoms with Gasteiger partial charge in [-0.05, 0) is 25.2 Å². The lowest BCUT2D eigenvalue weighted by molar-refractivity contribution is -0.137. The summed E-state index contributed by atoms with van der Waals surface area (Å²) in [6.45, 7) is 11.9. The molecule has 0 bridgehead atoms. The number of hydrogen-bond donors (Lipinski definition) is 0. The van der Waals surface area contributed by atoms with E-state index in [-0.39, 0.29) is 5.91 Å². The van der Waals surface area contributed by atoms with Crippen molar-refractivity contribution in [1.82, 2.24) is 4.90 Å². The summed E-state index contributed by atoms with van der Waals surface area (Å²) in [6.07, 6.45) is 0.564. The molecule has 0 aromatic rings. The topological polar surface area (TPSA) is 20.3 Å². The Morgan fingerprint density at radius 3 is 1.76 bits per heavy atom. The van der Waals surface area contributed by atoms with Gasteiger partial charge in [0.05, 0.1) is 5.41 Å². The molecule has 1 aliphatic carbocycles. The number of nitrogens with zero attached hydrogens (tertiary/aromatic N) is 1. The van der Waals surface area contributed by atoms with Crippen molar-refractivity contribution in [2.24, 2.45) is 17.3 Å². The van der Waals surface area contributed by atoms with E-state index in [0.29, 0.717) is 18.3 Å². The largest absolute Gasteiger partial charge is 0.342 e. The first-order valence-electron chi connectivity index (χ1n) is 6.27. The minimum absolute atomic E-state index is 0.102. The second kappa shape index (κ2) is 4.97. The van der Waals surface area contributed by atoms with Crippen LogP contribution in [-0.2, 0) is 4.79 Å². The van der Waals surface area contributed by atoms with E-state index in [4.69, 9.17) is 23.2 Å². The third kappa shape index (κ3) is 3.29.